The monoisotopic (exact) mass is 249 g/mol. The topological polar surface area (TPSA) is 58.4 Å². The van der Waals surface area contributed by atoms with Crippen molar-refractivity contribution in [2.45, 2.75) is 33.2 Å². The second kappa shape index (κ2) is 5.98. The molecule has 1 unspecified atom stereocenters. The van der Waals surface area contributed by atoms with Gasteiger partial charge in [0, 0.05) is 26.6 Å². The van der Waals surface area contributed by atoms with Crippen molar-refractivity contribution in [3.05, 3.63) is 34.4 Å². The number of benzene rings is 1. The van der Waals surface area contributed by atoms with Crippen molar-refractivity contribution in [3.8, 4) is 0 Å². The van der Waals surface area contributed by atoms with Crippen LogP contribution in [0.3, 0.4) is 0 Å². The molecule has 1 rings (SSSR count). The molecule has 0 aliphatic heterocycles. The van der Waals surface area contributed by atoms with Gasteiger partial charge in [0.2, 0.25) is 5.91 Å². The van der Waals surface area contributed by atoms with Gasteiger partial charge in [0.15, 0.2) is 0 Å². The van der Waals surface area contributed by atoms with Gasteiger partial charge in [-0.25, -0.2) is 5.01 Å². The minimum absolute atomic E-state index is 0.0631. The highest BCUT2D eigenvalue weighted by Crippen LogP contribution is 2.24. The first-order valence-electron chi connectivity index (χ1n) is 6.11. The van der Waals surface area contributed by atoms with Crippen molar-refractivity contribution < 1.29 is 4.79 Å². The minimum atomic E-state index is -0.259. The largest absolute Gasteiger partial charge is 0.324 e. The number of amides is 1. The highest BCUT2D eigenvalue weighted by Gasteiger charge is 2.16. The molecule has 0 aliphatic carbocycles. The molecule has 0 saturated carbocycles. The van der Waals surface area contributed by atoms with E-state index in [0.29, 0.717) is 6.42 Å². The van der Waals surface area contributed by atoms with Crippen molar-refractivity contribution >= 4 is 5.91 Å². The van der Waals surface area contributed by atoms with Crippen LogP contribution in [0.5, 0.6) is 0 Å². The molecule has 4 nitrogen and oxygen atoms in total. The zero-order valence-electron chi connectivity index (χ0n) is 11.9. The number of nitrogens with one attached hydrogen (secondary N) is 1. The summed E-state index contributed by atoms with van der Waals surface area (Å²) >= 11 is 0. The molecule has 1 amide bonds. The van der Waals surface area contributed by atoms with Crippen LogP contribution in [0, 0.1) is 20.8 Å². The Morgan fingerprint density at radius 2 is 1.78 bits per heavy atom. The molecular weight excluding hydrogens is 226 g/mol. The van der Waals surface area contributed by atoms with Crippen LogP contribution in [0.1, 0.15) is 34.7 Å². The standard InChI is InChI=1S/C14H23N3O/c1-9-6-10(2)14(11(3)7-9)12(15)8-13(18)16-17(4)5/h6-7,12H,8,15H2,1-5H3,(H,16,18). The SMILES string of the molecule is Cc1cc(C)c(C(N)CC(=O)NN(C)C)c(C)c1. The fraction of sp³-hybridized carbons (Fsp3) is 0.500. The Morgan fingerprint density at radius 3 is 2.22 bits per heavy atom. The highest BCUT2D eigenvalue weighted by molar-refractivity contribution is 5.76. The summed E-state index contributed by atoms with van der Waals surface area (Å²) in [6.45, 7) is 6.14. The van der Waals surface area contributed by atoms with E-state index < -0.39 is 0 Å². The van der Waals surface area contributed by atoms with Crippen LogP contribution in [0.2, 0.25) is 0 Å². The summed E-state index contributed by atoms with van der Waals surface area (Å²) in [4.78, 5) is 11.7. The van der Waals surface area contributed by atoms with Gasteiger partial charge < -0.3 is 5.73 Å². The lowest BCUT2D eigenvalue weighted by Gasteiger charge is -2.19. The molecule has 1 atom stereocenters. The van der Waals surface area contributed by atoms with E-state index in [4.69, 9.17) is 5.73 Å². The van der Waals surface area contributed by atoms with Gasteiger partial charge in [-0.15, -0.1) is 0 Å². The quantitative estimate of drug-likeness (QED) is 0.797. The van der Waals surface area contributed by atoms with E-state index in [2.05, 4.69) is 24.5 Å². The number of hydrazine groups is 1. The number of hydrogen-bond acceptors (Lipinski definition) is 3. The maximum atomic E-state index is 11.7. The van der Waals surface area contributed by atoms with E-state index in [9.17, 15) is 4.79 Å². The molecule has 0 aliphatic rings. The predicted molar refractivity (Wildman–Crippen MR) is 74.0 cm³/mol. The van der Waals surface area contributed by atoms with Crippen LogP contribution in [0.25, 0.3) is 0 Å². The van der Waals surface area contributed by atoms with Crippen LogP contribution >= 0.6 is 0 Å². The third-order valence-corrected chi connectivity index (χ3v) is 2.86. The van der Waals surface area contributed by atoms with Gasteiger partial charge in [0.05, 0.1) is 0 Å². The maximum Gasteiger partial charge on any atom is 0.236 e. The van der Waals surface area contributed by atoms with Crippen LogP contribution in [-0.2, 0) is 4.79 Å². The number of rotatable bonds is 4. The van der Waals surface area contributed by atoms with Gasteiger partial charge in [-0.3, -0.25) is 10.2 Å². The van der Waals surface area contributed by atoms with Crippen LogP contribution in [0.4, 0.5) is 0 Å². The molecule has 0 fully saturated rings. The van der Waals surface area contributed by atoms with Gasteiger partial charge in [-0.1, -0.05) is 17.7 Å². The molecule has 0 heterocycles. The molecular formula is C14H23N3O. The Balaban J connectivity index is 2.85. The number of carbonyl (C=O) groups excluding carboxylic acids is 1. The predicted octanol–water partition coefficient (Wildman–Crippen LogP) is 1.59. The Hall–Kier alpha value is -1.39. The Morgan fingerprint density at radius 1 is 1.28 bits per heavy atom. The molecule has 1 aromatic carbocycles. The van der Waals surface area contributed by atoms with E-state index in [0.717, 1.165) is 16.7 Å². The number of nitrogens with two attached hydrogens (primary N) is 1. The molecule has 1 aromatic rings. The summed E-state index contributed by atoms with van der Waals surface area (Å²) in [7, 11) is 3.57. The average molecular weight is 249 g/mol. The maximum absolute atomic E-state index is 11.7. The van der Waals surface area contributed by atoms with Crippen LogP contribution in [0.15, 0.2) is 12.1 Å². The van der Waals surface area contributed by atoms with Gasteiger partial charge >= 0.3 is 0 Å². The zero-order valence-corrected chi connectivity index (χ0v) is 11.9. The summed E-state index contributed by atoms with van der Waals surface area (Å²) in [5, 5.41) is 1.63. The lowest BCUT2D eigenvalue weighted by atomic mass is 9.93. The van der Waals surface area contributed by atoms with Gasteiger partial charge in [-0.05, 0) is 37.5 Å². The first-order valence-corrected chi connectivity index (χ1v) is 6.11. The lowest BCUT2D eigenvalue weighted by Crippen LogP contribution is -2.37. The number of aryl methyl sites for hydroxylation is 3. The van der Waals surface area contributed by atoms with E-state index >= 15 is 0 Å². The third kappa shape index (κ3) is 3.82. The molecule has 4 heteroatoms. The fourth-order valence-corrected chi connectivity index (χ4v) is 2.37. The van der Waals surface area contributed by atoms with Crippen LogP contribution < -0.4 is 11.2 Å². The Bertz CT molecular complexity index is 418. The first-order chi connectivity index (χ1) is 8.31. The summed E-state index contributed by atoms with van der Waals surface area (Å²) < 4.78 is 0. The van der Waals surface area contributed by atoms with Crippen molar-refractivity contribution in [2.75, 3.05) is 14.1 Å². The van der Waals surface area contributed by atoms with Gasteiger partial charge in [-0.2, -0.15) is 0 Å². The van der Waals surface area contributed by atoms with Gasteiger partial charge in [0.1, 0.15) is 0 Å². The van der Waals surface area contributed by atoms with Crippen molar-refractivity contribution in [1.29, 1.82) is 0 Å². The molecule has 0 spiro atoms. The second-order valence-electron chi connectivity index (χ2n) is 5.05. The smallest absolute Gasteiger partial charge is 0.236 e. The summed E-state index contributed by atoms with van der Waals surface area (Å²) in [6, 6.07) is 3.95. The summed E-state index contributed by atoms with van der Waals surface area (Å²) in [5.74, 6) is -0.0631. The highest BCUT2D eigenvalue weighted by atomic mass is 16.2. The number of carbonyl (C=O) groups is 1. The van der Waals surface area contributed by atoms with E-state index in [1.807, 2.05) is 13.8 Å². The van der Waals surface area contributed by atoms with Crippen LogP contribution in [-0.4, -0.2) is 25.0 Å². The number of nitrogens with zero attached hydrogens (tertiary/aromatic N) is 1. The second-order valence-corrected chi connectivity index (χ2v) is 5.05. The normalized spacial score (nSPS) is 12.6. The van der Waals surface area contributed by atoms with Crippen molar-refractivity contribution in [1.82, 2.24) is 10.4 Å². The zero-order chi connectivity index (χ0) is 13.9. The summed E-state index contributed by atoms with van der Waals surface area (Å²) in [5.41, 5.74) is 13.5. The van der Waals surface area contributed by atoms with Crippen molar-refractivity contribution in [2.24, 2.45) is 5.73 Å². The lowest BCUT2D eigenvalue weighted by molar-refractivity contribution is -0.125. The van der Waals surface area contributed by atoms with Crippen molar-refractivity contribution in [3.63, 3.8) is 0 Å². The summed E-state index contributed by atoms with van der Waals surface area (Å²) in [6.07, 6.45) is 0.295. The molecule has 3 N–H and O–H groups in total. The Labute approximate surface area is 109 Å². The first kappa shape index (κ1) is 14.7. The van der Waals surface area contributed by atoms with E-state index in [1.54, 1.807) is 19.1 Å². The average Bonchev–Trinajstić information content (AvgIpc) is 2.12. The number of hydrogen-bond donors (Lipinski definition) is 2. The minimum Gasteiger partial charge on any atom is -0.324 e. The third-order valence-electron chi connectivity index (χ3n) is 2.86. The molecule has 18 heavy (non-hydrogen) atoms. The molecule has 0 aromatic heterocycles. The van der Waals surface area contributed by atoms with E-state index in [1.165, 1.54) is 5.56 Å². The molecule has 0 bridgehead atoms. The molecule has 0 radical (unpaired) electrons. The molecule has 0 saturated heterocycles. The Kier molecular flexibility index (Phi) is 4.87. The molecule has 100 valence electrons. The van der Waals surface area contributed by atoms with E-state index in [-0.39, 0.29) is 11.9 Å². The fourth-order valence-electron chi connectivity index (χ4n) is 2.37. The van der Waals surface area contributed by atoms with Gasteiger partial charge in [0.25, 0.3) is 0 Å².